The first-order chi connectivity index (χ1) is 15.6. The molecule has 4 aliphatic rings. The SMILES string of the molecule is CCCCCCCCCCCCC1=C2C(=CC(=O)C3=C4C=CC=C4C(=O)C=C23)CC(=O)C1. The molecule has 0 unspecified atom stereocenters. The second-order valence-corrected chi connectivity index (χ2v) is 9.49. The molecule has 0 aliphatic heterocycles. The van der Waals surface area contributed by atoms with Gasteiger partial charge in [0.1, 0.15) is 5.78 Å². The third-order valence-electron chi connectivity index (χ3n) is 7.02. The van der Waals surface area contributed by atoms with Crippen molar-refractivity contribution in [3.8, 4) is 0 Å². The van der Waals surface area contributed by atoms with E-state index in [4.69, 9.17) is 0 Å². The van der Waals surface area contributed by atoms with Gasteiger partial charge in [-0.05, 0) is 47.3 Å². The molecule has 4 aliphatic carbocycles. The van der Waals surface area contributed by atoms with Gasteiger partial charge in [0.25, 0.3) is 0 Å². The van der Waals surface area contributed by atoms with Gasteiger partial charge in [-0.15, -0.1) is 0 Å². The molecule has 0 atom stereocenters. The van der Waals surface area contributed by atoms with Crippen LogP contribution in [0.25, 0.3) is 0 Å². The molecule has 0 saturated heterocycles. The highest BCUT2D eigenvalue weighted by Gasteiger charge is 2.37. The largest absolute Gasteiger partial charge is 0.299 e. The number of rotatable bonds is 11. The Balaban J connectivity index is 1.43. The van der Waals surface area contributed by atoms with Crippen LogP contribution in [0.4, 0.5) is 0 Å². The van der Waals surface area contributed by atoms with Crippen LogP contribution in [0.2, 0.25) is 0 Å². The summed E-state index contributed by atoms with van der Waals surface area (Å²) < 4.78 is 0. The highest BCUT2D eigenvalue weighted by molar-refractivity contribution is 6.22. The summed E-state index contributed by atoms with van der Waals surface area (Å²) in [6.07, 6.45) is 23.2. The summed E-state index contributed by atoms with van der Waals surface area (Å²) in [4.78, 5) is 38.0. The van der Waals surface area contributed by atoms with E-state index in [-0.39, 0.29) is 17.3 Å². The second kappa shape index (κ2) is 10.4. The van der Waals surface area contributed by atoms with Gasteiger partial charge in [0.2, 0.25) is 0 Å². The Morgan fingerprint density at radius 3 is 2.12 bits per heavy atom. The fourth-order valence-electron chi connectivity index (χ4n) is 5.41. The van der Waals surface area contributed by atoms with Crippen molar-refractivity contribution in [3.63, 3.8) is 0 Å². The standard InChI is InChI=1S/C29H34O3/c1-2-3-4-5-6-7-8-9-10-11-13-20-16-22(30)17-21-18-27(32)29-24-15-12-14-23(24)26(31)19-25(29)28(20)21/h12,14-15,18-19H,2-11,13,16-17H2,1H3. The average Bonchev–Trinajstić information content (AvgIpc) is 3.25. The van der Waals surface area contributed by atoms with Gasteiger partial charge < -0.3 is 0 Å². The molecule has 32 heavy (non-hydrogen) atoms. The Labute approximate surface area is 191 Å². The first-order valence-electron chi connectivity index (χ1n) is 12.5. The highest BCUT2D eigenvalue weighted by atomic mass is 16.1. The van der Waals surface area contributed by atoms with Crippen molar-refractivity contribution in [2.24, 2.45) is 0 Å². The van der Waals surface area contributed by atoms with Crippen LogP contribution in [0.1, 0.15) is 90.4 Å². The zero-order valence-corrected chi connectivity index (χ0v) is 19.3. The lowest BCUT2D eigenvalue weighted by Crippen LogP contribution is -2.25. The quantitative estimate of drug-likeness (QED) is 0.340. The van der Waals surface area contributed by atoms with Gasteiger partial charge in [-0.3, -0.25) is 14.4 Å². The first kappa shape index (κ1) is 22.6. The minimum atomic E-state index is -0.0806. The summed E-state index contributed by atoms with van der Waals surface area (Å²) in [6.45, 7) is 2.25. The van der Waals surface area contributed by atoms with Crippen molar-refractivity contribution >= 4 is 17.3 Å². The van der Waals surface area contributed by atoms with E-state index in [1.807, 2.05) is 12.2 Å². The number of hydrogen-bond acceptors (Lipinski definition) is 3. The van der Waals surface area contributed by atoms with E-state index in [9.17, 15) is 14.4 Å². The van der Waals surface area contributed by atoms with Crippen LogP contribution in [0.3, 0.4) is 0 Å². The van der Waals surface area contributed by atoms with E-state index in [1.54, 1.807) is 18.2 Å². The molecule has 0 radical (unpaired) electrons. The fraction of sp³-hybridized carbons (Fsp3) is 0.483. The summed E-state index contributed by atoms with van der Waals surface area (Å²) in [5, 5.41) is 0. The third kappa shape index (κ3) is 4.77. The fourth-order valence-corrected chi connectivity index (χ4v) is 5.41. The van der Waals surface area contributed by atoms with Crippen molar-refractivity contribution < 1.29 is 14.4 Å². The number of carbonyl (C=O) groups is 3. The lowest BCUT2D eigenvalue weighted by atomic mass is 9.70. The molecule has 0 saturated carbocycles. The van der Waals surface area contributed by atoms with Crippen LogP contribution < -0.4 is 0 Å². The zero-order valence-electron chi connectivity index (χ0n) is 19.3. The maximum Gasteiger partial charge on any atom is 0.187 e. The molecule has 0 aromatic heterocycles. The van der Waals surface area contributed by atoms with Crippen molar-refractivity contribution in [1.29, 1.82) is 0 Å². The first-order valence-corrected chi connectivity index (χ1v) is 12.5. The summed E-state index contributed by atoms with van der Waals surface area (Å²) in [7, 11) is 0. The minimum absolute atomic E-state index is 0.0412. The van der Waals surface area contributed by atoms with Crippen molar-refractivity contribution in [3.05, 3.63) is 69.4 Å². The Morgan fingerprint density at radius 2 is 1.41 bits per heavy atom. The molecule has 0 amide bonds. The third-order valence-corrected chi connectivity index (χ3v) is 7.02. The number of Topliss-reactive ketones (excluding diaryl/α,β-unsaturated/α-hetero) is 1. The van der Waals surface area contributed by atoms with Crippen LogP contribution in [-0.2, 0) is 14.4 Å². The number of fused-ring (bicyclic) bond motifs is 4. The predicted molar refractivity (Wildman–Crippen MR) is 128 cm³/mol. The monoisotopic (exact) mass is 430 g/mol. The topological polar surface area (TPSA) is 51.2 Å². The summed E-state index contributed by atoms with van der Waals surface area (Å²) in [5.41, 5.74) is 5.68. The molecule has 168 valence electrons. The Kier molecular flexibility index (Phi) is 7.34. The average molecular weight is 431 g/mol. The molecule has 4 rings (SSSR count). The van der Waals surface area contributed by atoms with Gasteiger partial charge in [-0.1, -0.05) is 88.5 Å². The Morgan fingerprint density at radius 1 is 0.719 bits per heavy atom. The van der Waals surface area contributed by atoms with Crippen LogP contribution in [0, 0.1) is 0 Å². The summed E-state index contributed by atoms with van der Waals surface area (Å²) >= 11 is 0. The number of hydrogen-bond donors (Lipinski definition) is 0. The molecule has 0 spiro atoms. The smallest absolute Gasteiger partial charge is 0.187 e. The minimum Gasteiger partial charge on any atom is -0.299 e. The normalized spacial score (nSPS) is 19.7. The predicted octanol–water partition coefficient (Wildman–Crippen LogP) is 6.77. The van der Waals surface area contributed by atoms with Crippen molar-refractivity contribution in [2.45, 2.75) is 90.4 Å². The molecule has 3 heteroatoms. The van der Waals surface area contributed by atoms with E-state index in [0.29, 0.717) is 24.0 Å². The molecule has 0 aromatic carbocycles. The van der Waals surface area contributed by atoms with Gasteiger partial charge in [0.05, 0.1) is 0 Å². The maximum absolute atomic E-state index is 12.9. The number of carbonyl (C=O) groups excluding carboxylic acids is 3. The van der Waals surface area contributed by atoms with E-state index in [1.165, 1.54) is 57.8 Å². The number of unbranched alkanes of at least 4 members (excludes halogenated alkanes) is 9. The van der Waals surface area contributed by atoms with E-state index < -0.39 is 0 Å². The van der Waals surface area contributed by atoms with Gasteiger partial charge in [-0.25, -0.2) is 0 Å². The molecule has 0 bridgehead atoms. The van der Waals surface area contributed by atoms with E-state index in [2.05, 4.69) is 6.92 Å². The van der Waals surface area contributed by atoms with Crippen LogP contribution in [0.15, 0.2) is 69.4 Å². The highest BCUT2D eigenvalue weighted by Crippen LogP contribution is 2.45. The maximum atomic E-state index is 12.9. The zero-order chi connectivity index (χ0) is 22.5. The molecule has 3 nitrogen and oxygen atoms in total. The summed E-state index contributed by atoms with van der Waals surface area (Å²) in [5.74, 6) is 0.0542. The molecular weight excluding hydrogens is 396 g/mol. The van der Waals surface area contributed by atoms with Gasteiger partial charge >= 0.3 is 0 Å². The lowest BCUT2D eigenvalue weighted by molar-refractivity contribution is -0.118. The van der Waals surface area contributed by atoms with Crippen LogP contribution in [0.5, 0.6) is 0 Å². The van der Waals surface area contributed by atoms with Gasteiger partial charge in [0.15, 0.2) is 11.6 Å². The number of ketones is 3. The number of allylic oxidation sites excluding steroid dienone is 12. The van der Waals surface area contributed by atoms with Crippen molar-refractivity contribution in [1.82, 2.24) is 0 Å². The molecule has 0 aromatic rings. The lowest BCUT2D eigenvalue weighted by Gasteiger charge is -2.31. The van der Waals surface area contributed by atoms with Crippen LogP contribution >= 0.6 is 0 Å². The summed E-state index contributed by atoms with van der Waals surface area (Å²) in [6, 6.07) is 0. The van der Waals surface area contributed by atoms with E-state index in [0.717, 1.165) is 40.7 Å². The Bertz CT molecular complexity index is 1010. The van der Waals surface area contributed by atoms with E-state index >= 15 is 0 Å². The van der Waals surface area contributed by atoms with Gasteiger partial charge in [0, 0.05) is 24.0 Å². The second-order valence-electron chi connectivity index (χ2n) is 9.49. The molecule has 0 fully saturated rings. The molecular formula is C29H34O3. The van der Waals surface area contributed by atoms with Crippen LogP contribution in [-0.4, -0.2) is 17.3 Å². The van der Waals surface area contributed by atoms with Crippen molar-refractivity contribution in [2.75, 3.05) is 0 Å². The van der Waals surface area contributed by atoms with Gasteiger partial charge in [-0.2, -0.15) is 0 Å². The Hall–Kier alpha value is -2.55. The molecule has 0 heterocycles. The molecule has 0 N–H and O–H groups in total.